The third-order valence-electron chi connectivity index (χ3n) is 2.45. The molecule has 0 bridgehead atoms. The SMILES string of the molecule is CN1C(=O)CCOc2c(Cl)c(N)cc(Cl)c21. The van der Waals surface area contributed by atoms with Gasteiger partial charge >= 0.3 is 0 Å². The molecule has 86 valence electrons. The molecule has 1 aromatic rings. The molecule has 1 aliphatic heterocycles. The van der Waals surface area contributed by atoms with Crippen molar-refractivity contribution in [2.75, 3.05) is 24.3 Å². The van der Waals surface area contributed by atoms with Crippen molar-refractivity contribution >= 4 is 40.5 Å². The molecule has 0 saturated heterocycles. The van der Waals surface area contributed by atoms with Gasteiger partial charge in [0.05, 0.1) is 23.7 Å². The summed E-state index contributed by atoms with van der Waals surface area (Å²) in [5.41, 5.74) is 6.49. The van der Waals surface area contributed by atoms with Crippen molar-refractivity contribution in [3.05, 3.63) is 16.1 Å². The molecular weight excluding hydrogens is 251 g/mol. The van der Waals surface area contributed by atoms with Crippen molar-refractivity contribution in [2.45, 2.75) is 6.42 Å². The van der Waals surface area contributed by atoms with E-state index < -0.39 is 0 Å². The molecule has 6 heteroatoms. The lowest BCUT2D eigenvalue weighted by atomic mass is 10.2. The van der Waals surface area contributed by atoms with E-state index in [1.165, 1.54) is 11.0 Å². The Morgan fingerprint density at radius 3 is 2.88 bits per heavy atom. The summed E-state index contributed by atoms with van der Waals surface area (Å²) in [6, 6.07) is 1.52. The van der Waals surface area contributed by atoms with Crippen LogP contribution in [0.3, 0.4) is 0 Å². The van der Waals surface area contributed by atoms with Crippen molar-refractivity contribution in [1.82, 2.24) is 0 Å². The third-order valence-corrected chi connectivity index (χ3v) is 3.13. The van der Waals surface area contributed by atoms with Gasteiger partial charge in [-0.15, -0.1) is 0 Å². The minimum atomic E-state index is -0.0681. The van der Waals surface area contributed by atoms with Crippen LogP contribution in [0.15, 0.2) is 6.07 Å². The van der Waals surface area contributed by atoms with Crippen molar-refractivity contribution in [1.29, 1.82) is 0 Å². The number of rotatable bonds is 0. The predicted molar refractivity (Wildman–Crippen MR) is 64.4 cm³/mol. The summed E-state index contributed by atoms with van der Waals surface area (Å²) >= 11 is 12.1. The van der Waals surface area contributed by atoms with Crippen LogP contribution >= 0.6 is 23.2 Å². The summed E-state index contributed by atoms with van der Waals surface area (Å²) in [6.07, 6.45) is 0.289. The Labute approximate surface area is 103 Å². The molecule has 1 heterocycles. The number of fused-ring (bicyclic) bond motifs is 1. The van der Waals surface area contributed by atoms with Crippen molar-refractivity contribution in [3.8, 4) is 5.75 Å². The molecular formula is C10H10Cl2N2O2. The normalized spacial score (nSPS) is 15.4. The number of carbonyl (C=O) groups is 1. The number of ether oxygens (including phenoxy) is 1. The zero-order valence-electron chi connectivity index (χ0n) is 8.59. The van der Waals surface area contributed by atoms with Crippen LogP contribution in [0.5, 0.6) is 5.75 Å². The second-order valence-electron chi connectivity index (χ2n) is 3.49. The number of amides is 1. The maximum Gasteiger partial charge on any atom is 0.230 e. The first-order valence-corrected chi connectivity index (χ1v) is 5.44. The second-order valence-corrected chi connectivity index (χ2v) is 4.28. The van der Waals surface area contributed by atoms with E-state index in [0.29, 0.717) is 27.2 Å². The monoisotopic (exact) mass is 260 g/mol. The Morgan fingerprint density at radius 1 is 1.50 bits per heavy atom. The van der Waals surface area contributed by atoms with Gasteiger partial charge in [-0.1, -0.05) is 23.2 Å². The van der Waals surface area contributed by atoms with Gasteiger partial charge in [0.25, 0.3) is 0 Å². The Hall–Kier alpha value is -1.13. The minimum absolute atomic E-state index is 0.0681. The first kappa shape index (κ1) is 11.4. The summed E-state index contributed by atoms with van der Waals surface area (Å²) in [6.45, 7) is 0.273. The molecule has 0 aromatic heterocycles. The van der Waals surface area contributed by atoms with Crippen LogP contribution in [0, 0.1) is 0 Å². The Bertz CT molecular complexity index is 463. The quantitative estimate of drug-likeness (QED) is 0.729. The van der Waals surface area contributed by atoms with Gasteiger partial charge in [0.1, 0.15) is 10.7 Å². The predicted octanol–water partition coefficient (Wildman–Crippen LogP) is 2.32. The van der Waals surface area contributed by atoms with E-state index in [2.05, 4.69) is 0 Å². The third kappa shape index (κ3) is 1.68. The number of benzene rings is 1. The zero-order chi connectivity index (χ0) is 11.9. The molecule has 0 spiro atoms. The van der Waals surface area contributed by atoms with Gasteiger partial charge in [-0.25, -0.2) is 0 Å². The van der Waals surface area contributed by atoms with Gasteiger partial charge in [-0.3, -0.25) is 4.79 Å². The van der Waals surface area contributed by atoms with Crippen molar-refractivity contribution < 1.29 is 9.53 Å². The highest BCUT2D eigenvalue weighted by Crippen LogP contribution is 2.45. The number of carbonyl (C=O) groups excluding carboxylic acids is 1. The van der Waals surface area contributed by atoms with E-state index in [9.17, 15) is 4.79 Å². The molecule has 2 rings (SSSR count). The van der Waals surface area contributed by atoms with Gasteiger partial charge in [0, 0.05) is 7.05 Å². The van der Waals surface area contributed by atoms with Crippen molar-refractivity contribution in [2.24, 2.45) is 0 Å². The standard InChI is InChI=1S/C10H10Cl2N2O2/c1-14-7(15)2-3-16-10-8(12)6(13)4-5(11)9(10)14/h4H,2-3,13H2,1H3. The smallest absolute Gasteiger partial charge is 0.230 e. The molecule has 0 saturated carbocycles. The van der Waals surface area contributed by atoms with E-state index in [4.69, 9.17) is 33.7 Å². The van der Waals surface area contributed by atoms with Gasteiger partial charge < -0.3 is 15.4 Å². The Morgan fingerprint density at radius 2 is 2.19 bits per heavy atom. The highest BCUT2D eigenvalue weighted by Gasteiger charge is 2.26. The zero-order valence-corrected chi connectivity index (χ0v) is 10.1. The van der Waals surface area contributed by atoms with Crippen LogP contribution in [0.25, 0.3) is 0 Å². The lowest BCUT2D eigenvalue weighted by molar-refractivity contribution is -0.118. The lowest BCUT2D eigenvalue weighted by Crippen LogP contribution is -2.25. The molecule has 1 aliphatic rings. The summed E-state index contributed by atoms with van der Waals surface area (Å²) < 4.78 is 5.42. The number of hydrogen-bond acceptors (Lipinski definition) is 3. The number of anilines is 2. The van der Waals surface area contributed by atoms with Gasteiger partial charge in [-0.05, 0) is 6.07 Å². The van der Waals surface area contributed by atoms with E-state index in [0.717, 1.165) is 0 Å². The average Bonchev–Trinajstić information content (AvgIpc) is 2.37. The van der Waals surface area contributed by atoms with Crippen LogP contribution < -0.4 is 15.4 Å². The van der Waals surface area contributed by atoms with Gasteiger partial charge in [0.15, 0.2) is 5.75 Å². The molecule has 0 radical (unpaired) electrons. The van der Waals surface area contributed by atoms with E-state index >= 15 is 0 Å². The molecule has 0 aliphatic carbocycles. The average molecular weight is 261 g/mol. The first-order chi connectivity index (χ1) is 7.52. The summed E-state index contributed by atoms with van der Waals surface area (Å²) in [4.78, 5) is 13.1. The number of nitrogens with two attached hydrogens (primary N) is 1. The summed E-state index contributed by atoms with van der Waals surface area (Å²) in [5.74, 6) is 0.307. The maximum absolute atomic E-state index is 11.6. The molecule has 16 heavy (non-hydrogen) atoms. The molecule has 1 amide bonds. The number of nitrogen functional groups attached to an aromatic ring is 1. The van der Waals surface area contributed by atoms with Crippen molar-refractivity contribution in [3.63, 3.8) is 0 Å². The summed E-state index contributed by atoms with van der Waals surface area (Å²) in [5, 5.41) is 0.649. The summed E-state index contributed by atoms with van der Waals surface area (Å²) in [7, 11) is 1.63. The fourth-order valence-electron chi connectivity index (χ4n) is 1.59. The highest BCUT2D eigenvalue weighted by atomic mass is 35.5. The molecule has 0 atom stereocenters. The van der Waals surface area contributed by atoms with Gasteiger partial charge in [0.2, 0.25) is 5.91 Å². The van der Waals surface area contributed by atoms with E-state index in [1.54, 1.807) is 7.05 Å². The molecule has 2 N–H and O–H groups in total. The topological polar surface area (TPSA) is 55.6 Å². The fraction of sp³-hybridized carbons (Fsp3) is 0.300. The van der Waals surface area contributed by atoms with E-state index in [1.807, 2.05) is 0 Å². The van der Waals surface area contributed by atoms with Crippen LogP contribution in [0.2, 0.25) is 10.0 Å². The van der Waals surface area contributed by atoms with Crippen LogP contribution in [0.4, 0.5) is 11.4 Å². The number of nitrogens with zero attached hydrogens (tertiary/aromatic N) is 1. The Balaban J connectivity index is 2.68. The highest BCUT2D eigenvalue weighted by molar-refractivity contribution is 6.39. The van der Waals surface area contributed by atoms with Crippen LogP contribution in [-0.4, -0.2) is 19.6 Å². The molecule has 0 unspecified atom stereocenters. The molecule has 0 fully saturated rings. The maximum atomic E-state index is 11.6. The Kier molecular flexibility index (Phi) is 2.86. The molecule has 1 aromatic carbocycles. The molecule has 4 nitrogen and oxygen atoms in total. The second kappa shape index (κ2) is 4.03. The number of hydrogen-bond donors (Lipinski definition) is 1. The van der Waals surface area contributed by atoms with Gasteiger partial charge in [-0.2, -0.15) is 0 Å². The number of halogens is 2. The lowest BCUT2D eigenvalue weighted by Gasteiger charge is -2.19. The fourth-order valence-corrected chi connectivity index (χ4v) is 2.12. The van der Waals surface area contributed by atoms with E-state index in [-0.39, 0.29) is 18.9 Å². The first-order valence-electron chi connectivity index (χ1n) is 4.69. The van der Waals surface area contributed by atoms with Crippen LogP contribution in [0.1, 0.15) is 6.42 Å². The van der Waals surface area contributed by atoms with Crippen LogP contribution in [-0.2, 0) is 4.79 Å². The largest absolute Gasteiger partial charge is 0.489 e. The minimum Gasteiger partial charge on any atom is -0.489 e.